The van der Waals surface area contributed by atoms with Gasteiger partial charge in [-0.3, -0.25) is 0 Å². The Morgan fingerprint density at radius 3 is 2.86 bits per heavy atom. The van der Waals surface area contributed by atoms with E-state index in [2.05, 4.69) is 10.6 Å². The Morgan fingerprint density at radius 1 is 1.41 bits per heavy atom. The highest BCUT2D eigenvalue weighted by Crippen LogP contribution is 2.29. The number of hydrogen-bond donors (Lipinski definition) is 2. The number of hydrogen-bond acceptors (Lipinski definition) is 4. The van der Waals surface area contributed by atoms with Crippen molar-refractivity contribution in [2.24, 2.45) is 0 Å². The van der Waals surface area contributed by atoms with Crippen molar-refractivity contribution in [3.8, 4) is 11.5 Å². The normalized spacial score (nSPS) is 18.6. The summed E-state index contributed by atoms with van der Waals surface area (Å²) < 4.78 is 16.0. The number of carbonyl (C=O) groups is 1. The summed E-state index contributed by atoms with van der Waals surface area (Å²) >= 11 is 0. The first kappa shape index (κ1) is 16.4. The number of rotatable bonds is 6. The maximum absolute atomic E-state index is 12.0. The zero-order chi connectivity index (χ0) is 15.9. The molecule has 1 heterocycles. The predicted molar refractivity (Wildman–Crippen MR) is 83.5 cm³/mol. The monoisotopic (exact) mass is 308 g/mol. The third kappa shape index (κ3) is 4.27. The van der Waals surface area contributed by atoms with Gasteiger partial charge in [-0.1, -0.05) is 0 Å². The maximum Gasteiger partial charge on any atom is 0.315 e. The number of nitrogens with one attached hydrogen (secondary N) is 2. The van der Waals surface area contributed by atoms with Crippen molar-refractivity contribution in [2.75, 3.05) is 27.4 Å². The van der Waals surface area contributed by atoms with Gasteiger partial charge in [0.2, 0.25) is 0 Å². The van der Waals surface area contributed by atoms with Crippen LogP contribution in [0.1, 0.15) is 31.4 Å². The molecule has 0 saturated carbocycles. The van der Waals surface area contributed by atoms with E-state index in [4.69, 9.17) is 14.2 Å². The summed E-state index contributed by atoms with van der Waals surface area (Å²) in [5, 5.41) is 5.75. The molecule has 0 bridgehead atoms. The first-order valence-electron chi connectivity index (χ1n) is 7.52. The van der Waals surface area contributed by atoms with Crippen molar-refractivity contribution < 1.29 is 19.0 Å². The van der Waals surface area contributed by atoms with Gasteiger partial charge in [-0.25, -0.2) is 4.79 Å². The molecular weight excluding hydrogens is 284 g/mol. The predicted octanol–water partition coefficient (Wildman–Crippen LogP) is 2.24. The highest BCUT2D eigenvalue weighted by Gasteiger charge is 2.18. The number of urea groups is 1. The van der Waals surface area contributed by atoms with E-state index in [-0.39, 0.29) is 18.2 Å². The van der Waals surface area contributed by atoms with Crippen LogP contribution in [0.5, 0.6) is 11.5 Å². The summed E-state index contributed by atoms with van der Waals surface area (Å²) in [5.74, 6) is 1.44. The summed E-state index contributed by atoms with van der Waals surface area (Å²) in [4.78, 5) is 12.0. The van der Waals surface area contributed by atoms with Crippen LogP contribution < -0.4 is 20.1 Å². The van der Waals surface area contributed by atoms with E-state index in [1.807, 2.05) is 25.1 Å². The van der Waals surface area contributed by atoms with Crippen LogP contribution >= 0.6 is 0 Å². The lowest BCUT2D eigenvalue weighted by molar-refractivity contribution is 0.111. The molecule has 1 aromatic rings. The number of benzene rings is 1. The van der Waals surface area contributed by atoms with Gasteiger partial charge in [0.25, 0.3) is 0 Å². The third-order valence-electron chi connectivity index (χ3n) is 3.77. The third-order valence-corrected chi connectivity index (χ3v) is 3.77. The van der Waals surface area contributed by atoms with Crippen LogP contribution in [0, 0.1) is 0 Å². The topological polar surface area (TPSA) is 68.8 Å². The Morgan fingerprint density at radius 2 is 2.23 bits per heavy atom. The second kappa shape index (κ2) is 7.89. The van der Waals surface area contributed by atoms with E-state index in [1.165, 1.54) is 0 Å². The number of carbonyl (C=O) groups excluding carboxylic acids is 1. The van der Waals surface area contributed by atoms with Crippen LogP contribution in [-0.2, 0) is 4.74 Å². The molecule has 0 aliphatic carbocycles. The van der Waals surface area contributed by atoms with Gasteiger partial charge in [-0.05, 0) is 38.0 Å². The Bertz CT molecular complexity index is 501. The van der Waals surface area contributed by atoms with Crippen molar-refractivity contribution in [1.29, 1.82) is 0 Å². The molecule has 1 aromatic carbocycles. The average Bonchev–Trinajstić information content (AvgIpc) is 3.05. The fraction of sp³-hybridized carbons (Fsp3) is 0.562. The molecule has 22 heavy (non-hydrogen) atoms. The molecule has 2 N–H and O–H groups in total. The van der Waals surface area contributed by atoms with Crippen LogP contribution in [0.15, 0.2) is 18.2 Å². The number of ether oxygens (including phenoxy) is 3. The van der Waals surface area contributed by atoms with Crippen molar-refractivity contribution >= 4 is 6.03 Å². The molecule has 0 radical (unpaired) electrons. The Kier molecular flexibility index (Phi) is 5.89. The van der Waals surface area contributed by atoms with Crippen LogP contribution in [0.4, 0.5) is 4.79 Å². The van der Waals surface area contributed by atoms with E-state index >= 15 is 0 Å². The molecule has 2 rings (SSSR count). The first-order chi connectivity index (χ1) is 10.6. The lowest BCUT2D eigenvalue weighted by Crippen LogP contribution is -2.40. The average molecular weight is 308 g/mol. The molecule has 0 aromatic heterocycles. The molecule has 6 heteroatoms. The molecule has 122 valence electrons. The van der Waals surface area contributed by atoms with Crippen LogP contribution in [0.2, 0.25) is 0 Å². The zero-order valence-electron chi connectivity index (χ0n) is 13.3. The second-order valence-corrected chi connectivity index (χ2v) is 5.32. The van der Waals surface area contributed by atoms with E-state index in [1.54, 1.807) is 14.2 Å². The van der Waals surface area contributed by atoms with Gasteiger partial charge in [0, 0.05) is 18.7 Å². The van der Waals surface area contributed by atoms with Crippen LogP contribution in [-0.4, -0.2) is 39.5 Å². The van der Waals surface area contributed by atoms with Gasteiger partial charge in [0.1, 0.15) is 11.5 Å². The van der Waals surface area contributed by atoms with Crippen molar-refractivity contribution in [2.45, 2.75) is 31.9 Å². The minimum atomic E-state index is -0.215. The fourth-order valence-corrected chi connectivity index (χ4v) is 2.52. The molecule has 6 nitrogen and oxygen atoms in total. The molecule has 1 aliphatic heterocycles. The summed E-state index contributed by atoms with van der Waals surface area (Å²) in [6, 6.07) is 5.11. The van der Waals surface area contributed by atoms with Crippen molar-refractivity contribution in [3.63, 3.8) is 0 Å². The van der Waals surface area contributed by atoms with Gasteiger partial charge in [0.15, 0.2) is 0 Å². The van der Waals surface area contributed by atoms with E-state index in [9.17, 15) is 4.79 Å². The smallest absolute Gasteiger partial charge is 0.315 e. The van der Waals surface area contributed by atoms with E-state index in [0.717, 1.165) is 30.8 Å². The molecule has 2 unspecified atom stereocenters. The number of amides is 2. The summed E-state index contributed by atoms with van der Waals surface area (Å²) in [7, 11) is 3.22. The lowest BCUT2D eigenvalue weighted by atomic mass is 10.1. The second-order valence-electron chi connectivity index (χ2n) is 5.32. The Labute approximate surface area is 131 Å². The largest absolute Gasteiger partial charge is 0.497 e. The molecule has 2 amide bonds. The molecule has 1 saturated heterocycles. The highest BCUT2D eigenvalue weighted by atomic mass is 16.5. The standard InChI is InChI=1S/C16H24N2O4/c1-11(14-9-12(20-2)6-7-15(14)21-3)18-16(19)17-10-13-5-4-8-22-13/h6-7,9,11,13H,4-5,8,10H2,1-3H3,(H2,17,18,19). The fourth-order valence-electron chi connectivity index (χ4n) is 2.52. The summed E-state index contributed by atoms with van der Waals surface area (Å²) in [6.45, 7) is 3.22. The quantitative estimate of drug-likeness (QED) is 0.845. The van der Waals surface area contributed by atoms with E-state index in [0.29, 0.717) is 12.3 Å². The van der Waals surface area contributed by atoms with Crippen LogP contribution in [0.3, 0.4) is 0 Å². The van der Waals surface area contributed by atoms with Gasteiger partial charge in [0.05, 0.1) is 26.4 Å². The molecule has 2 atom stereocenters. The minimum Gasteiger partial charge on any atom is -0.497 e. The zero-order valence-corrected chi connectivity index (χ0v) is 13.3. The van der Waals surface area contributed by atoms with Gasteiger partial charge in [-0.2, -0.15) is 0 Å². The van der Waals surface area contributed by atoms with Gasteiger partial charge in [-0.15, -0.1) is 0 Å². The molecular formula is C16H24N2O4. The van der Waals surface area contributed by atoms with Gasteiger partial charge < -0.3 is 24.8 Å². The Balaban J connectivity index is 1.92. The van der Waals surface area contributed by atoms with Crippen molar-refractivity contribution in [1.82, 2.24) is 10.6 Å². The van der Waals surface area contributed by atoms with E-state index < -0.39 is 0 Å². The molecule has 0 spiro atoms. The number of methoxy groups -OCH3 is 2. The van der Waals surface area contributed by atoms with Crippen molar-refractivity contribution in [3.05, 3.63) is 23.8 Å². The minimum absolute atomic E-state index is 0.132. The summed E-state index contributed by atoms with van der Waals surface area (Å²) in [6.07, 6.45) is 2.19. The SMILES string of the molecule is COc1ccc(OC)c(C(C)NC(=O)NCC2CCCO2)c1. The molecule has 1 aliphatic rings. The Hall–Kier alpha value is -1.95. The maximum atomic E-state index is 12.0. The summed E-state index contributed by atoms with van der Waals surface area (Å²) in [5.41, 5.74) is 0.870. The van der Waals surface area contributed by atoms with Crippen LogP contribution in [0.25, 0.3) is 0 Å². The molecule has 1 fully saturated rings. The highest BCUT2D eigenvalue weighted by molar-refractivity contribution is 5.74. The lowest BCUT2D eigenvalue weighted by Gasteiger charge is -2.19. The van der Waals surface area contributed by atoms with Gasteiger partial charge >= 0.3 is 6.03 Å². The first-order valence-corrected chi connectivity index (χ1v) is 7.52.